The van der Waals surface area contributed by atoms with Crippen molar-refractivity contribution < 1.29 is 9.59 Å². The summed E-state index contributed by atoms with van der Waals surface area (Å²) in [5.41, 5.74) is 5.77. The summed E-state index contributed by atoms with van der Waals surface area (Å²) in [6, 6.07) is 3.66. The largest absolute Gasteiger partial charge is 0.346 e. The highest BCUT2D eigenvalue weighted by Crippen LogP contribution is 2.34. The molecule has 0 bridgehead atoms. The average molecular weight is 346 g/mol. The van der Waals surface area contributed by atoms with Gasteiger partial charge in [-0.15, -0.1) is 23.7 Å². The second kappa shape index (κ2) is 8.50. The zero-order valence-corrected chi connectivity index (χ0v) is 14.6. The Morgan fingerprint density at radius 2 is 2.23 bits per heavy atom. The Morgan fingerprint density at radius 3 is 2.82 bits per heavy atom. The number of halogens is 1. The lowest BCUT2D eigenvalue weighted by molar-refractivity contribution is -0.134. The fraction of sp³-hybridized carbons (Fsp3) is 0.600. The highest BCUT2D eigenvalue weighted by atomic mass is 35.5. The number of carbonyl (C=O) groups excluding carboxylic acids is 2. The van der Waals surface area contributed by atoms with E-state index in [4.69, 9.17) is 5.73 Å². The van der Waals surface area contributed by atoms with Crippen LogP contribution in [0.1, 0.15) is 37.6 Å². The Hall–Kier alpha value is -1.11. The van der Waals surface area contributed by atoms with Crippen LogP contribution in [0.25, 0.3) is 0 Å². The highest BCUT2D eigenvalue weighted by molar-refractivity contribution is 7.10. The second-order valence-electron chi connectivity index (χ2n) is 5.75. The molecule has 22 heavy (non-hydrogen) atoms. The molecule has 0 aliphatic carbocycles. The van der Waals surface area contributed by atoms with E-state index in [1.165, 1.54) is 4.88 Å². The van der Waals surface area contributed by atoms with Crippen LogP contribution in [-0.2, 0) is 9.59 Å². The summed E-state index contributed by atoms with van der Waals surface area (Å²) >= 11 is 1.67. The Balaban J connectivity index is 0.00000242. The summed E-state index contributed by atoms with van der Waals surface area (Å²) < 4.78 is 0. The van der Waals surface area contributed by atoms with Gasteiger partial charge in [0.15, 0.2) is 0 Å². The van der Waals surface area contributed by atoms with Crippen LogP contribution in [0.2, 0.25) is 0 Å². The van der Waals surface area contributed by atoms with Crippen molar-refractivity contribution in [3.8, 4) is 0 Å². The third-order valence-corrected chi connectivity index (χ3v) is 4.85. The van der Waals surface area contributed by atoms with Gasteiger partial charge < -0.3 is 16.0 Å². The van der Waals surface area contributed by atoms with Crippen LogP contribution in [0.5, 0.6) is 0 Å². The molecule has 3 N–H and O–H groups in total. The number of hydrogen-bond donors (Lipinski definition) is 2. The van der Waals surface area contributed by atoms with Gasteiger partial charge in [-0.2, -0.15) is 0 Å². The fourth-order valence-electron chi connectivity index (χ4n) is 2.53. The van der Waals surface area contributed by atoms with Crippen molar-refractivity contribution in [2.24, 2.45) is 11.7 Å². The molecule has 7 heteroatoms. The van der Waals surface area contributed by atoms with E-state index in [0.717, 1.165) is 19.4 Å². The van der Waals surface area contributed by atoms with Crippen molar-refractivity contribution in [2.45, 2.75) is 38.8 Å². The van der Waals surface area contributed by atoms with Crippen molar-refractivity contribution >= 4 is 35.6 Å². The number of nitrogens with one attached hydrogen (secondary N) is 1. The lowest BCUT2D eigenvalue weighted by Gasteiger charge is -2.24. The molecular weight excluding hydrogens is 322 g/mol. The molecule has 1 aromatic rings. The van der Waals surface area contributed by atoms with Gasteiger partial charge in [-0.25, -0.2) is 0 Å². The van der Waals surface area contributed by atoms with E-state index < -0.39 is 6.04 Å². The fourth-order valence-corrected chi connectivity index (χ4v) is 3.40. The van der Waals surface area contributed by atoms with E-state index in [-0.39, 0.29) is 42.7 Å². The van der Waals surface area contributed by atoms with Crippen LogP contribution in [-0.4, -0.2) is 35.8 Å². The summed E-state index contributed by atoms with van der Waals surface area (Å²) in [5.74, 6) is -0.230. The van der Waals surface area contributed by atoms with Crippen molar-refractivity contribution in [3.63, 3.8) is 0 Å². The molecule has 1 aromatic heterocycles. The maximum atomic E-state index is 12.3. The standard InChI is InChI=1S/C15H23N3O2S.ClH/c1-10(2)14(16)15(20)17-9-13(19)18-7-3-5-11(18)12-6-4-8-21-12;/h4,6,8,10-11,14H,3,5,7,9,16H2,1-2H3,(H,17,20);1H/t11?,14-;/m0./s1. The summed E-state index contributed by atoms with van der Waals surface area (Å²) in [5, 5.41) is 4.68. The molecule has 1 aliphatic rings. The Kier molecular flexibility index (Phi) is 7.32. The van der Waals surface area contributed by atoms with E-state index in [2.05, 4.69) is 11.4 Å². The summed E-state index contributed by atoms with van der Waals surface area (Å²) in [4.78, 5) is 27.2. The minimum atomic E-state index is -0.565. The van der Waals surface area contributed by atoms with Crippen LogP contribution in [0.15, 0.2) is 17.5 Å². The van der Waals surface area contributed by atoms with Crippen LogP contribution < -0.4 is 11.1 Å². The number of thiophene rings is 1. The third-order valence-electron chi connectivity index (χ3n) is 3.88. The Labute approximate surface area is 141 Å². The van der Waals surface area contributed by atoms with Crippen molar-refractivity contribution in [2.75, 3.05) is 13.1 Å². The summed E-state index contributed by atoms with van der Waals surface area (Å²) in [7, 11) is 0. The molecule has 0 radical (unpaired) electrons. The van der Waals surface area contributed by atoms with E-state index in [9.17, 15) is 9.59 Å². The second-order valence-corrected chi connectivity index (χ2v) is 6.73. The van der Waals surface area contributed by atoms with Gasteiger partial charge in [0.1, 0.15) is 0 Å². The maximum absolute atomic E-state index is 12.3. The summed E-state index contributed by atoms with van der Waals surface area (Å²) in [6.45, 7) is 4.56. The number of carbonyl (C=O) groups is 2. The first-order valence-corrected chi connectivity index (χ1v) is 8.25. The molecule has 1 aliphatic heterocycles. The quantitative estimate of drug-likeness (QED) is 0.856. The molecule has 1 unspecified atom stereocenters. The van der Waals surface area contributed by atoms with E-state index >= 15 is 0 Å². The molecule has 0 saturated carbocycles. The predicted octanol–water partition coefficient (Wildman–Crippen LogP) is 1.93. The summed E-state index contributed by atoms with van der Waals surface area (Å²) in [6.07, 6.45) is 2.00. The molecule has 2 amide bonds. The van der Waals surface area contributed by atoms with Crippen molar-refractivity contribution in [1.29, 1.82) is 0 Å². The first-order chi connectivity index (χ1) is 10.0. The topological polar surface area (TPSA) is 75.4 Å². The van der Waals surface area contributed by atoms with Crippen LogP contribution in [0.4, 0.5) is 0 Å². The minimum absolute atomic E-state index is 0. The molecule has 0 aromatic carbocycles. The van der Waals surface area contributed by atoms with Gasteiger partial charge in [-0.05, 0) is 30.2 Å². The molecule has 1 saturated heterocycles. The Morgan fingerprint density at radius 1 is 1.50 bits per heavy atom. The molecular formula is C15H24ClN3O2S. The predicted molar refractivity (Wildman–Crippen MR) is 91.1 cm³/mol. The number of nitrogens with zero attached hydrogens (tertiary/aromatic N) is 1. The third kappa shape index (κ3) is 4.44. The monoisotopic (exact) mass is 345 g/mol. The zero-order chi connectivity index (χ0) is 15.4. The average Bonchev–Trinajstić information content (AvgIpc) is 3.12. The molecule has 2 heterocycles. The number of nitrogens with two attached hydrogens (primary N) is 1. The number of hydrogen-bond acceptors (Lipinski definition) is 4. The molecule has 1 fully saturated rings. The van der Waals surface area contributed by atoms with Crippen LogP contribution >= 0.6 is 23.7 Å². The first kappa shape index (κ1) is 18.9. The van der Waals surface area contributed by atoms with E-state index in [0.29, 0.717) is 0 Å². The van der Waals surface area contributed by atoms with Gasteiger partial charge in [-0.1, -0.05) is 19.9 Å². The van der Waals surface area contributed by atoms with Gasteiger partial charge in [0.05, 0.1) is 18.6 Å². The molecule has 2 atom stereocenters. The minimum Gasteiger partial charge on any atom is -0.346 e. The highest BCUT2D eigenvalue weighted by Gasteiger charge is 2.30. The lowest BCUT2D eigenvalue weighted by Crippen LogP contribution is -2.47. The molecule has 5 nitrogen and oxygen atoms in total. The van der Waals surface area contributed by atoms with E-state index in [1.807, 2.05) is 30.2 Å². The van der Waals surface area contributed by atoms with Gasteiger partial charge in [0.2, 0.25) is 11.8 Å². The Bertz CT molecular complexity index is 493. The van der Waals surface area contributed by atoms with Gasteiger partial charge in [-0.3, -0.25) is 9.59 Å². The van der Waals surface area contributed by atoms with Gasteiger partial charge in [0.25, 0.3) is 0 Å². The molecule has 2 rings (SSSR count). The van der Waals surface area contributed by atoms with Crippen LogP contribution in [0.3, 0.4) is 0 Å². The van der Waals surface area contributed by atoms with Crippen molar-refractivity contribution in [1.82, 2.24) is 10.2 Å². The smallest absolute Gasteiger partial charge is 0.242 e. The lowest BCUT2D eigenvalue weighted by atomic mass is 10.1. The molecule has 0 spiro atoms. The van der Waals surface area contributed by atoms with Crippen LogP contribution in [0, 0.1) is 5.92 Å². The number of rotatable bonds is 5. The first-order valence-electron chi connectivity index (χ1n) is 7.37. The number of amides is 2. The van der Waals surface area contributed by atoms with Gasteiger partial charge >= 0.3 is 0 Å². The van der Waals surface area contributed by atoms with E-state index in [1.54, 1.807) is 11.3 Å². The SMILES string of the molecule is CC(C)[C@H](N)C(=O)NCC(=O)N1CCCC1c1cccs1.Cl. The zero-order valence-electron chi connectivity index (χ0n) is 13.0. The van der Waals surface area contributed by atoms with Crippen molar-refractivity contribution in [3.05, 3.63) is 22.4 Å². The maximum Gasteiger partial charge on any atom is 0.242 e. The number of likely N-dealkylation sites (tertiary alicyclic amines) is 1. The normalized spacial score (nSPS) is 18.9. The van der Waals surface area contributed by atoms with Gasteiger partial charge in [0, 0.05) is 11.4 Å². The molecule has 124 valence electrons.